The fourth-order valence-electron chi connectivity index (χ4n) is 2.33. The molecule has 16 heavy (non-hydrogen) atoms. The van der Waals surface area contributed by atoms with Crippen LogP contribution in [0.2, 0.25) is 0 Å². The highest BCUT2D eigenvalue weighted by Crippen LogP contribution is 2.12. The van der Waals surface area contributed by atoms with Crippen molar-refractivity contribution in [3.63, 3.8) is 0 Å². The Kier molecular flexibility index (Phi) is 4.02. The first-order valence-corrected chi connectivity index (χ1v) is 6.28. The number of aryl methyl sites for hydroxylation is 1. The topological polar surface area (TPSA) is 28.4 Å². The van der Waals surface area contributed by atoms with E-state index in [9.17, 15) is 0 Å². The van der Waals surface area contributed by atoms with Crippen LogP contribution in [0.15, 0.2) is 16.7 Å². The van der Waals surface area contributed by atoms with Gasteiger partial charge in [-0.1, -0.05) is 6.92 Å². The van der Waals surface area contributed by atoms with Crippen molar-refractivity contribution < 1.29 is 4.42 Å². The fourth-order valence-corrected chi connectivity index (χ4v) is 2.33. The Bertz CT molecular complexity index is 321. The van der Waals surface area contributed by atoms with Crippen LogP contribution < -0.4 is 5.32 Å². The first kappa shape index (κ1) is 11.7. The molecule has 0 saturated carbocycles. The maximum absolute atomic E-state index is 5.43. The Balaban J connectivity index is 1.79. The predicted molar refractivity (Wildman–Crippen MR) is 65.4 cm³/mol. The van der Waals surface area contributed by atoms with Crippen molar-refractivity contribution in [2.24, 2.45) is 0 Å². The number of likely N-dealkylation sites (tertiary alicyclic amines) is 1. The van der Waals surface area contributed by atoms with Gasteiger partial charge in [0, 0.05) is 12.6 Å². The molecule has 2 rings (SSSR count). The van der Waals surface area contributed by atoms with Gasteiger partial charge in [0.05, 0.1) is 12.8 Å². The fraction of sp³-hybridized carbons (Fsp3) is 0.692. The van der Waals surface area contributed by atoms with Gasteiger partial charge in [0.25, 0.3) is 0 Å². The van der Waals surface area contributed by atoms with Crippen LogP contribution in [0.1, 0.15) is 31.1 Å². The van der Waals surface area contributed by atoms with Crippen molar-refractivity contribution in [2.45, 2.75) is 39.3 Å². The quantitative estimate of drug-likeness (QED) is 0.846. The van der Waals surface area contributed by atoms with Gasteiger partial charge in [-0.2, -0.15) is 0 Å². The first-order chi connectivity index (χ1) is 7.79. The van der Waals surface area contributed by atoms with Crippen molar-refractivity contribution >= 4 is 0 Å². The molecule has 1 N–H and O–H groups in total. The summed E-state index contributed by atoms with van der Waals surface area (Å²) in [5, 5.41) is 3.59. The van der Waals surface area contributed by atoms with Crippen LogP contribution >= 0.6 is 0 Å². The number of piperidine rings is 1. The van der Waals surface area contributed by atoms with Gasteiger partial charge < -0.3 is 14.6 Å². The second-order valence-electron chi connectivity index (χ2n) is 4.64. The van der Waals surface area contributed by atoms with E-state index >= 15 is 0 Å². The van der Waals surface area contributed by atoms with Crippen LogP contribution in [0, 0.1) is 6.92 Å². The van der Waals surface area contributed by atoms with Gasteiger partial charge in [-0.3, -0.25) is 0 Å². The van der Waals surface area contributed by atoms with Crippen LogP contribution in [0.5, 0.6) is 0 Å². The summed E-state index contributed by atoms with van der Waals surface area (Å²) in [6, 6.07) is 2.65. The van der Waals surface area contributed by atoms with Gasteiger partial charge in [-0.25, -0.2) is 0 Å². The molecule has 0 radical (unpaired) electrons. The summed E-state index contributed by atoms with van der Waals surface area (Å²) in [6.45, 7) is 8.79. The number of rotatable bonds is 4. The second kappa shape index (κ2) is 5.51. The highest BCUT2D eigenvalue weighted by Gasteiger charge is 2.18. The van der Waals surface area contributed by atoms with Gasteiger partial charge in [-0.15, -0.1) is 0 Å². The number of likely N-dealkylation sites (N-methyl/N-ethyl adjacent to an activating group) is 1. The third-order valence-electron chi connectivity index (χ3n) is 3.47. The minimum absolute atomic E-state index is 0.623. The lowest BCUT2D eigenvalue weighted by Crippen LogP contribution is -2.45. The Morgan fingerprint density at radius 1 is 1.56 bits per heavy atom. The van der Waals surface area contributed by atoms with Crippen molar-refractivity contribution in [2.75, 3.05) is 19.6 Å². The molecular formula is C13H22N2O. The summed E-state index contributed by atoms with van der Waals surface area (Å²) < 4.78 is 5.43. The molecule has 3 heteroatoms. The molecule has 1 aromatic heterocycles. The van der Waals surface area contributed by atoms with E-state index in [1.165, 1.54) is 31.5 Å². The Labute approximate surface area is 97.8 Å². The molecule has 1 aromatic rings. The highest BCUT2D eigenvalue weighted by molar-refractivity contribution is 5.14. The predicted octanol–water partition coefficient (Wildman–Crippen LogP) is 2.16. The lowest BCUT2D eigenvalue weighted by atomic mass is 10.1. The number of hydrogen-bond donors (Lipinski definition) is 1. The molecule has 2 heterocycles. The standard InChI is InChI=1S/C13H22N2O/c1-3-15-7-4-5-12(10-15)14-9-13-11(2)6-8-16-13/h6,8,12,14H,3-5,7,9-10H2,1-2H3. The summed E-state index contributed by atoms with van der Waals surface area (Å²) in [4.78, 5) is 2.51. The van der Waals surface area contributed by atoms with Crippen molar-refractivity contribution in [3.05, 3.63) is 23.7 Å². The number of furan rings is 1. The zero-order chi connectivity index (χ0) is 11.4. The van der Waals surface area contributed by atoms with Gasteiger partial charge in [-0.05, 0) is 44.5 Å². The van der Waals surface area contributed by atoms with Crippen molar-refractivity contribution in [1.82, 2.24) is 10.2 Å². The first-order valence-electron chi connectivity index (χ1n) is 6.28. The molecule has 3 nitrogen and oxygen atoms in total. The minimum atomic E-state index is 0.623. The molecule has 1 fully saturated rings. The molecule has 1 unspecified atom stereocenters. The molecule has 0 amide bonds. The number of nitrogens with one attached hydrogen (secondary N) is 1. The van der Waals surface area contributed by atoms with Gasteiger partial charge in [0.2, 0.25) is 0 Å². The summed E-state index contributed by atoms with van der Waals surface area (Å²) in [5.41, 5.74) is 1.25. The van der Waals surface area contributed by atoms with Crippen LogP contribution in [0.25, 0.3) is 0 Å². The van der Waals surface area contributed by atoms with E-state index in [1.807, 2.05) is 6.07 Å². The molecule has 0 bridgehead atoms. The highest BCUT2D eigenvalue weighted by atomic mass is 16.3. The normalized spacial score (nSPS) is 22.5. The van der Waals surface area contributed by atoms with E-state index < -0.39 is 0 Å². The summed E-state index contributed by atoms with van der Waals surface area (Å²) in [7, 11) is 0. The van der Waals surface area contributed by atoms with E-state index in [1.54, 1.807) is 6.26 Å². The zero-order valence-corrected chi connectivity index (χ0v) is 10.3. The smallest absolute Gasteiger partial charge is 0.120 e. The third kappa shape index (κ3) is 2.86. The van der Waals surface area contributed by atoms with Crippen LogP contribution in [-0.2, 0) is 6.54 Å². The molecule has 0 aromatic carbocycles. The Hall–Kier alpha value is -0.800. The summed E-state index contributed by atoms with van der Waals surface area (Å²) >= 11 is 0. The Morgan fingerprint density at radius 3 is 3.12 bits per heavy atom. The maximum atomic E-state index is 5.43. The van der Waals surface area contributed by atoms with Crippen LogP contribution in [-0.4, -0.2) is 30.6 Å². The monoisotopic (exact) mass is 222 g/mol. The van der Waals surface area contributed by atoms with Gasteiger partial charge >= 0.3 is 0 Å². The maximum Gasteiger partial charge on any atom is 0.120 e. The van der Waals surface area contributed by atoms with Crippen LogP contribution in [0.3, 0.4) is 0 Å². The van der Waals surface area contributed by atoms with Crippen molar-refractivity contribution in [1.29, 1.82) is 0 Å². The van der Waals surface area contributed by atoms with Gasteiger partial charge in [0.15, 0.2) is 0 Å². The van der Waals surface area contributed by atoms with E-state index in [-0.39, 0.29) is 0 Å². The number of nitrogens with zero attached hydrogens (tertiary/aromatic N) is 1. The third-order valence-corrected chi connectivity index (χ3v) is 3.47. The molecule has 90 valence electrons. The molecule has 1 aliphatic rings. The molecule has 1 atom stereocenters. The van der Waals surface area contributed by atoms with Crippen LogP contribution in [0.4, 0.5) is 0 Å². The summed E-state index contributed by atoms with van der Waals surface area (Å²) in [6.07, 6.45) is 4.37. The average Bonchev–Trinajstić information content (AvgIpc) is 2.72. The summed E-state index contributed by atoms with van der Waals surface area (Å²) in [5.74, 6) is 1.08. The second-order valence-corrected chi connectivity index (χ2v) is 4.64. The Morgan fingerprint density at radius 2 is 2.44 bits per heavy atom. The lowest BCUT2D eigenvalue weighted by Gasteiger charge is -2.32. The molecule has 1 aliphatic heterocycles. The van der Waals surface area contributed by atoms with E-state index in [2.05, 4.69) is 24.1 Å². The SMILES string of the molecule is CCN1CCCC(NCc2occc2C)C1. The minimum Gasteiger partial charge on any atom is -0.468 e. The zero-order valence-electron chi connectivity index (χ0n) is 10.3. The average molecular weight is 222 g/mol. The lowest BCUT2D eigenvalue weighted by molar-refractivity contribution is 0.196. The van der Waals surface area contributed by atoms with E-state index in [0.29, 0.717) is 6.04 Å². The molecule has 0 aliphatic carbocycles. The largest absolute Gasteiger partial charge is 0.468 e. The molecule has 0 spiro atoms. The van der Waals surface area contributed by atoms with E-state index in [4.69, 9.17) is 4.42 Å². The molecule has 1 saturated heterocycles. The number of hydrogen-bond acceptors (Lipinski definition) is 3. The van der Waals surface area contributed by atoms with E-state index in [0.717, 1.165) is 18.8 Å². The van der Waals surface area contributed by atoms with Gasteiger partial charge in [0.1, 0.15) is 5.76 Å². The molecular weight excluding hydrogens is 200 g/mol. The van der Waals surface area contributed by atoms with Crippen molar-refractivity contribution in [3.8, 4) is 0 Å².